The predicted molar refractivity (Wildman–Crippen MR) is 98.9 cm³/mol. The molecular weight excluding hydrogens is 356 g/mol. The van der Waals surface area contributed by atoms with Crippen molar-refractivity contribution in [2.45, 2.75) is 33.8 Å². The lowest BCUT2D eigenvalue weighted by Gasteiger charge is -2.15. The molecule has 0 radical (unpaired) electrons. The largest absolute Gasteiger partial charge is 0.479 e. The molecule has 7 heteroatoms. The van der Waals surface area contributed by atoms with Crippen LogP contribution in [-0.4, -0.2) is 29.7 Å². The normalized spacial score (nSPS) is 10.7. The summed E-state index contributed by atoms with van der Waals surface area (Å²) in [6.45, 7) is 6.34. The second kappa shape index (κ2) is 9.38. The van der Waals surface area contributed by atoms with Crippen LogP contribution in [0.2, 0.25) is 5.02 Å². The van der Waals surface area contributed by atoms with Gasteiger partial charge in [0.15, 0.2) is 0 Å². The van der Waals surface area contributed by atoms with E-state index in [2.05, 4.69) is 23.8 Å². The number of aromatic nitrogens is 2. The maximum atomic E-state index is 12.2. The summed E-state index contributed by atoms with van der Waals surface area (Å²) in [4.78, 5) is 20.9. The average Bonchev–Trinajstić information content (AvgIpc) is 2.60. The Morgan fingerprint density at radius 3 is 2.62 bits per heavy atom. The SMILES string of the molecule is CCOC(=O)c1nc(OCc2cccc(Cl)c2)c(CC(C)C)nc1OC. The molecule has 0 saturated heterocycles. The topological polar surface area (TPSA) is 70.5 Å². The number of halogens is 1. The Morgan fingerprint density at radius 1 is 1.23 bits per heavy atom. The molecule has 1 heterocycles. The highest BCUT2D eigenvalue weighted by molar-refractivity contribution is 6.30. The molecule has 140 valence electrons. The van der Waals surface area contributed by atoms with Gasteiger partial charge in [-0.15, -0.1) is 0 Å². The van der Waals surface area contributed by atoms with Crippen LogP contribution in [0.4, 0.5) is 0 Å². The Labute approximate surface area is 158 Å². The van der Waals surface area contributed by atoms with E-state index in [1.54, 1.807) is 13.0 Å². The summed E-state index contributed by atoms with van der Waals surface area (Å²) in [5.74, 6) is 0.160. The molecule has 26 heavy (non-hydrogen) atoms. The molecule has 0 amide bonds. The van der Waals surface area contributed by atoms with Crippen molar-refractivity contribution in [1.82, 2.24) is 9.97 Å². The van der Waals surface area contributed by atoms with Crippen LogP contribution in [0, 0.1) is 5.92 Å². The Kier molecular flexibility index (Phi) is 7.21. The number of hydrogen-bond acceptors (Lipinski definition) is 6. The summed E-state index contributed by atoms with van der Waals surface area (Å²) in [5.41, 5.74) is 1.53. The van der Waals surface area contributed by atoms with Gasteiger partial charge in [-0.1, -0.05) is 37.6 Å². The number of rotatable bonds is 8. The first-order valence-electron chi connectivity index (χ1n) is 8.43. The zero-order valence-corrected chi connectivity index (χ0v) is 16.2. The van der Waals surface area contributed by atoms with Crippen molar-refractivity contribution in [1.29, 1.82) is 0 Å². The van der Waals surface area contributed by atoms with Gasteiger partial charge in [0.25, 0.3) is 0 Å². The number of carbonyl (C=O) groups is 1. The van der Waals surface area contributed by atoms with Crippen LogP contribution in [0.3, 0.4) is 0 Å². The van der Waals surface area contributed by atoms with Crippen molar-refractivity contribution in [3.8, 4) is 11.8 Å². The van der Waals surface area contributed by atoms with Crippen molar-refractivity contribution in [2.24, 2.45) is 5.92 Å². The van der Waals surface area contributed by atoms with Gasteiger partial charge in [0.05, 0.1) is 13.7 Å². The molecule has 0 atom stereocenters. The van der Waals surface area contributed by atoms with Crippen LogP contribution in [0.25, 0.3) is 0 Å². The highest BCUT2D eigenvalue weighted by Gasteiger charge is 2.22. The highest BCUT2D eigenvalue weighted by Crippen LogP contribution is 2.25. The lowest BCUT2D eigenvalue weighted by molar-refractivity contribution is 0.0512. The number of esters is 1. The fourth-order valence-electron chi connectivity index (χ4n) is 2.33. The van der Waals surface area contributed by atoms with Crippen molar-refractivity contribution in [3.05, 3.63) is 46.2 Å². The summed E-state index contributed by atoms with van der Waals surface area (Å²) < 4.78 is 16.1. The first-order valence-corrected chi connectivity index (χ1v) is 8.81. The standard InChI is InChI=1S/C19H23ClN2O4/c1-5-25-19(23)16-18(24-4)21-15(9-12(2)3)17(22-16)26-11-13-7-6-8-14(20)10-13/h6-8,10,12H,5,9,11H2,1-4H3. The van der Waals surface area contributed by atoms with Crippen LogP contribution in [0.1, 0.15) is 42.5 Å². The summed E-state index contributed by atoms with van der Waals surface area (Å²) in [6, 6.07) is 7.35. The number of nitrogens with zero attached hydrogens (tertiary/aromatic N) is 2. The third-order valence-electron chi connectivity index (χ3n) is 3.43. The summed E-state index contributed by atoms with van der Waals surface area (Å²) in [6.07, 6.45) is 0.636. The second-order valence-electron chi connectivity index (χ2n) is 6.07. The zero-order chi connectivity index (χ0) is 19.1. The Bertz CT molecular complexity index is 765. The molecule has 0 spiro atoms. The summed E-state index contributed by atoms with van der Waals surface area (Å²) >= 11 is 6.01. The molecule has 0 unspecified atom stereocenters. The van der Waals surface area contributed by atoms with E-state index in [0.29, 0.717) is 28.9 Å². The van der Waals surface area contributed by atoms with E-state index in [0.717, 1.165) is 5.56 Å². The van der Waals surface area contributed by atoms with E-state index < -0.39 is 5.97 Å². The monoisotopic (exact) mass is 378 g/mol. The number of carbonyl (C=O) groups excluding carboxylic acids is 1. The lowest BCUT2D eigenvalue weighted by atomic mass is 10.1. The zero-order valence-electron chi connectivity index (χ0n) is 15.4. The minimum atomic E-state index is -0.597. The number of benzene rings is 1. The average molecular weight is 379 g/mol. The minimum Gasteiger partial charge on any atom is -0.479 e. The molecule has 2 rings (SSSR count). The lowest BCUT2D eigenvalue weighted by Crippen LogP contribution is -2.14. The van der Waals surface area contributed by atoms with E-state index in [9.17, 15) is 4.79 Å². The van der Waals surface area contributed by atoms with Gasteiger partial charge in [-0.2, -0.15) is 4.98 Å². The fraction of sp³-hybridized carbons (Fsp3) is 0.421. The van der Waals surface area contributed by atoms with Gasteiger partial charge in [-0.05, 0) is 37.0 Å². The molecule has 6 nitrogen and oxygen atoms in total. The van der Waals surface area contributed by atoms with Crippen molar-refractivity contribution in [2.75, 3.05) is 13.7 Å². The maximum absolute atomic E-state index is 12.2. The van der Waals surface area contributed by atoms with E-state index >= 15 is 0 Å². The molecule has 0 aliphatic rings. The molecule has 0 aliphatic carbocycles. The van der Waals surface area contributed by atoms with Gasteiger partial charge in [0.1, 0.15) is 12.3 Å². The Morgan fingerprint density at radius 2 is 2.00 bits per heavy atom. The molecule has 0 bridgehead atoms. The van der Waals surface area contributed by atoms with E-state index in [1.165, 1.54) is 7.11 Å². The summed E-state index contributed by atoms with van der Waals surface area (Å²) in [7, 11) is 1.44. The van der Waals surface area contributed by atoms with Gasteiger partial charge in [-0.25, -0.2) is 9.78 Å². The van der Waals surface area contributed by atoms with Crippen LogP contribution in [0.15, 0.2) is 24.3 Å². The van der Waals surface area contributed by atoms with Crippen LogP contribution < -0.4 is 9.47 Å². The maximum Gasteiger partial charge on any atom is 0.362 e. The third kappa shape index (κ3) is 5.33. The van der Waals surface area contributed by atoms with E-state index in [-0.39, 0.29) is 24.8 Å². The third-order valence-corrected chi connectivity index (χ3v) is 3.66. The molecule has 1 aromatic heterocycles. The predicted octanol–water partition coefficient (Wildman–Crippen LogP) is 4.09. The van der Waals surface area contributed by atoms with Crippen LogP contribution in [0.5, 0.6) is 11.8 Å². The van der Waals surface area contributed by atoms with Crippen molar-refractivity contribution >= 4 is 17.6 Å². The van der Waals surface area contributed by atoms with Gasteiger partial charge >= 0.3 is 5.97 Å². The second-order valence-corrected chi connectivity index (χ2v) is 6.51. The number of hydrogen-bond donors (Lipinski definition) is 0. The van der Waals surface area contributed by atoms with Crippen molar-refractivity contribution < 1.29 is 19.0 Å². The van der Waals surface area contributed by atoms with Crippen LogP contribution in [-0.2, 0) is 17.8 Å². The van der Waals surface area contributed by atoms with E-state index in [4.69, 9.17) is 25.8 Å². The molecule has 1 aromatic carbocycles. The quantitative estimate of drug-likeness (QED) is 0.644. The number of methoxy groups -OCH3 is 1. The molecule has 0 N–H and O–H groups in total. The van der Waals surface area contributed by atoms with Gasteiger partial charge in [0, 0.05) is 5.02 Å². The van der Waals surface area contributed by atoms with Gasteiger partial charge < -0.3 is 14.2 Å². The molecule has 0 saturated carbocycles. The van der Waals surface area contributed by atoms with Crippen molar-refractivity contribution in [3.63, 3.8) is 0 Å². The molecule has 0 fully saturated rings. The fourth-order valence-corrected chi connectivity index (χ4v) is 2.54. The summed E-state index contributed by atoms with van der Waals surface area (Å²) in [5, 5.41) is 0.626. The molecule has 0 aliphatic heterocycles. The number of ether oxygens (including phenoxy) is 3. The first kappa shape index (κ1) is 20.0. The smallest absolute Gasteiger partial charge is 0.362 e. The van der Waals surface area contributed by atoms with Crippen LogP contribution >= 0.6 is 11.6 Å². The Hall–Kier alpha value is -2.34. The van der Waals surface area contributed by atoms with Gasteiger partial charge in [-0.3, -0.25) is 0 Å². The van der Waals surface area contributed by atoms with E-state index in [1.807, 2.05) is 18.2 Å². The van der Waals surface area contributed by atoms with Gasteiger partial charge in [0.2, 0.25) is 17.5 Å². The molecular formula is C19H23ClN2O4. The Balaban J connectivity index is 2.36. The first-order chi connectivity index (χ1) is 12.4. The highest BCUT2D eigenvalue weighted by atomic mass is 35.5. The molecule has 2 aromatic rings. The minimum absolute atomic E-state index is 0.00273.